The summed E-state index contributed by atoms with van der Waals surface area (Å²) in [6.07, 6.45) is -0.393. The van der Waals surface area contributed by atoms with Gasteiger partial charge in [-0.1, -0.05) is 27.7 Å². The highest BCUT2D eigenvalue weighted by Gasteiger charge is 2.27. The Bertz CT molecular complexity index is 122. The highest BCUT2D eigenvalue weighted by molar-refractivity contribution is 5.83. The van der Waals surface area contributed by atoms with E-state index in [1.807, 2.05) is 20.8 Å². The summed E-state index contributed by atoms with van der Waals surface area (Å²) in [5.74, 6) is -0.0764. The molecule has 0 bridgehead atoms. The summed E-state index contributed by atoms with van der Waals surface area (Å²) in [5, 5.41) is 9.30. The monoisotopic (exact) mass is 144 g/mol. The Morgan fingerprint density at radius 1 is 1.50 bits per heavy atom. The molecule has 0 heterocycles. The highest BCUT2D eigenvalue weighted by Crippen LogP contribution is 2.20. The van der Waals surface area contributed by atoms with Gasteiger partial charge in [-0.3, -0.25) is 4.79 Å². The second-order valence-electron chi connectivity index (χ2n) is 3.59. The Labute approximate surface area is 62.2 Å². The van der Waals surface area contributed by atoms with Crippen molar-refractivity contribution >= 4 is 5.78 Å². The number of hydrogen-bond donors (Lipinski definition) is 1. The first-order valence-corrected chi connectivity index (χ1v) is 3.60. The van der Waals surface area contributed by atoms with Crippen molar-refractivity contribution in [3.63, 3.8) is 0 Å². The fourth-order valence-electron chi connectivity index (χ4n) is 0.676. The van der Waals surface area contributed by atoms with Crippen molar-refractivity contribution in [1.82, 2.24) is 0 Å². The first-order chi connectivity index (χ1) is 4.39. The fraction of sp³-hybridized carbons (Fsp3) is 0.875. The van der Waals surface area contributed by atoms with E-state index in [0.717, 1.165) is 0 Å². The molecular weight excluding hydrogens is 128 g/mol. The van der Waals surface area contributed by atoms with Crippen LogP contribution in [-0.4, -0.2) is 17.0 Å². The first-order valence-electron chi connectivity index (χ1n) is 3.60. The number of hydrogen-bond acceptors (Lipinski definition) is 2. The molecule has 1 N–H and O–H groups in total. The van der Waals surface area contributed by atoms with Gasteiger partial charge < -0.3 is 5.11 Å². The number of Topliss-reactive ketones (excluding diaryl/α,β-unsaturated/α-hetero) is 1. The van der Waals surface area contributed by atoms with Gasteiger partial charge in [-0.25, -0.2) is 0 Å². The third-order valence-electron chi connectivity index (χ3n) is 1.47. The van der Waals surface area contributed by atoms with E-state index >= 15 is 0 Å². The number of aliphatic hydroxyl groups is 1. The van der Waals surface area contributed by atoms with Crippen molar-refractivity contribution in [2.45, 2.75) is 40.2 Å². The van der Waals surface area contributed by atoms with Crippen LogP contribution in [0.3, 0.4) is 0 Å². The lowest BCUT2D eigenvalue weighted by molar-refractivity contribution is -0.131. The van der Waals surface area contributed by atoms with Gasteiger partial charge >= 0.3 is 0 Å². The van der Waals surface area contributed by atoms with Crippen LogP contribution in [0, 0.1) is 5.41 Å². The average molecular weight is 144 g/mol. The van der Waals surface area contributed by atoms with Crippen LogP contribution in [0.15, 0.2) is 0 Å². The van der Waals surface area contributed by atoms with E-state index in [2.05, 4.69) is 0 Å². The normalized spacial score (nSPS) is 14.9. The molecule has 0 fully saturated rings. The standard InChI is InChI=1S/C8H16O2/c1-5-6(9)7(10)8(2,3)4/h7,10H,5H2,1-4H3. The SMILES string of the molecule is CCC(=O)C(O)C(C)(C)C. The number of carbonyl (C=O) groups excluding carboxylic acids is 1. The average Bonchev–Trinajstić information content (AvgIpc) is 1.83. The van der Waals surface area contributed by atoms with Crippen LogP contribution in [0.25, 0.3) is 0 Å². The van der Waals surface area contributed by atoms with Gasteiger partial charge in [-0.05, 0) is 5.41 Å². The summed E-state index contributed by atoms with van der Waals surface area (Å²) >= 11 is 0. The molecule has 0 aromatic rings. The van der Waals surface area contributed by atoms with Gasteiger partial charge in [0.2, 0.25) is 0 Å². The summed E-state index contributed by atoms with van der Waals surface area (Å²) in [6, 6.07) is 0. The van der Waals surface area contributed by atoms with E-state index in [4.69, 9.17) is 0 Å². The Balaban J connectivity index is 4.08. The van der Waals surface area contributed by atoms with Crippen molar-refractivity contribution in [2.24, 2.45) is 5.41 Å². The topological polar surface area (TPSA) is 37.3 Å². The predicted octanol–water partition coefficient (Wildman–Crippen LogP) is 1.37. The summed E-state index contributed by atoms with van der Waals surface area (Å²) in [4.78, 5) is 10.9. The first kappa shape index (κ1) is 9.63. The van der Waals surface area contributed by atoms with Crippen LogP contribution < -0.4 is 0 Å². The molecule has 0 saturated heterocycles. The summed E-state index contributed by atoms with van der Waals surface area (Å²) < 4.78 is 0. The Morgan fingerprint density at radius 3 is 2.00 bits per heavy atom. The maximum atomic E-state index is 10.9. The molecule has 0 amide bonds. The van der Waals surface area contributed by atoms with E-state index in [-0.39, 0.29) is 11.2 Å². The van der Waals surface area contributed by atoms with Gasteiger partial charge in [0.05, 0.1) is 0 Å². The molecule has 0 spiro atoms. The second kappa shape index (κ2) is 3.15. The Kier molecular flexibility index (Phi) is 3.03. The smallest absolute Gasteiger partial charge is 0.161 e. The number of aliphatic hydroxyl groups excluding tert-OH is 1. The van der Waals surface area contributed by atoms with Crippen molar-refractivity contribution in [3.05, 3.63) is 0 Å². The molecular formula is C8H16O2. The largest absolute Gasteiger partial charge is 0.385 e. The molecule has 1 unspecified atom stereocenters. The molecule has 0 aliphatic heterocycles. The quantitative estimate of drug-likeness (QED) is 0.635. The third-order valence-corrected chi connectivity index (χ3v) is 1.47. The second-order valence-corrected chi connectivity index (χ2v) is 3.59. The molecule has 0 aromatic carbocycles. The minimum absolute atomic E-state index is 0.0764. The lowest BCUT2D eigenvalue weighted by atomic mass is 9.86. The third kappa shape index (κ3) is 2.48. The number of rotatable bonds is 2. The highest BCUT2D eigenvalue weighted by atomic mass is 16.3. The number of ketones is 1. The molecule has 0 saturated carbocycles. The minimum atomic E-state index is -0.808. The zero-order valence-corrected chi connectivity index (χ0v) is 7.14. The zero-order valence-electron chi connectivity index (χ0n) is 7.14. The van der Waals surface area contributed by atoms with E-state index in [1.165, 1.54) is 0 Å². The molecule has 10 heavy (non-hydrogen) atoms. The van der Waals surface area contributed by atoms with Crippen LogP contribution in [0.2, 0.25) is 0 Å². The minimum Gasteiger partial charge on any atom is -0.385 e. The Hall–Kier alpha value is -0.370. The fourth-order valence-corrected chi connectivity index (χ4v) is 0.676. The van der Waals surface area contributed by atoms with Crippen LogP contribution >= 0.6 is 0 Å². The lowest BCUT2D eigenvalue weighted by Gasteiger charge is -2.23. The van der Waals surface area contributed by atoms with E-state index in [0.29, 0.717) is 6.42 Å². The molecule has 1 atom stereocenters. The number of carbonyl (C=O) groups is 1. The molecule has 2 heteroatoms. The molecule has 0 aliphatic rings. The van der Waals surface area contributed by atoms with Crippen molar-refractivity contribution < 1.29 is 9.90 Å². The zero-order chi connectivity index (χ0) is 8.36. The van der Waals surface area contributed by atoms with Gasteiger partial charge in [0.25, 0.3) is 0 Å². The molecule has 0 rings (SSSR count). The van der Waals surface area contributed by atoms with Gasteiger partial charge in [0.15, 0.2) is 5.78 Å². The van der Waals surface area contributed by atoms with Gasteiger partial charge in [0.1, 0.15) is 6.10 Å². The maximum absolute atomic E-state index is 10.9. The van der Waals surface area contributed by atoms with Crippen molar-refractivity contribution in [1.29, 1.82) is 0 Å². The molecule has 0 aromatic heterocycles. The predicted molar refractivity (Wildman–Crippen MR) is 40.8 cm³/mol. The van der Waals surface area contributed by atoms with Gasteiger partial charge in [0, 0.05) is 6.42 Å². The van der Waals surface area contributed by atoms with E-state index in [9.17, 15) is 9.90 Å². The molecule has 60 valence electrons. The molecule has 0 aliphatic carbocycles. The van der Waals surface area contributed by atoms with E-state index in [1.54, 1.807) is 6.92 Å². The van der Waals surface area contributed by atoms with Crippen LogP contribution in [0.4, 0.5) is 0 Å². The van der Waals surface area contributed by atoms with Gasteiger partial charge in [-0.2, -0.15) is 0 Å². The van der Waals surface area contributed by atoms with Crippen molar-refractivity contribution in [3.8, 4) is 0 Å². The summed E-state index contributed by atoms with van der Waals surface area (Å²) in [6.45, 7) is 7.32. The lowest BCUT2D eigenvalue weighted by Crippen LogP contribution is -2.33. The van der Waals surface area contributed by atoms with Crippen molar-refractivity contribution in [2.75, 3.05) is 0 Å². The van der Waals surface area contributed by atoms with Crippen LogP contribution in [0.5, 0.6) is 0 Å². The van der Waals surface area contributed by atoms with Crippen LogP contribution in [0.1, 0.15) is 34.1 Å². The summed E-state index contributed by atoms with van der Waals surface area (Å²) in [5.41, 5.74) is -0.312. The maximum Gasteiger partial charge on any atom is 0.161 e. The van der Waals surface area contributed by atoms with E-state index < -0.39 is 6.10 Å². The summed E-state index contributed by atoms with van der Waals surface area (Å²) in [7, 11) is 0. The molecule has 0 radical (unpaired) electrons. The van der Waals surface area contributed by atoms with Crippen LogP contribution in [-0.2, 0) is 4.79 Å². The van der Waals surface area contributed by atoms with Gasteiger partial charge in [-0.15, -0.1) is 0 Å². The molecule has 2 nitrogen and oxygen atoms in total. The Morgan fingerprint density at radius 2 is 1.90 bits per heavy atom.